The summed E-state index contributed by atoms with van der Waals surface area (Å²) in [6, 6.07) is 4.09. The number of nitrogens with one attached hydrogen (secondary N) is 2. The Hall–Kier alpha value is -2.11. The number of hydrogen-bond acceptors (Lipinski definition) is 8. The average Bonchev–Trinajstić information content (AvgIpc) is 3.58. The second-order valence-electron chi connectivity index (χ2n) is 8.54. The summed E-state index contributed by atoms with van der Waals surface area (Å²) in [6.45, 7) is 7.10. The standard InChI is InChI=1S/C22H34N6O4/c1-14-5-8-17-19(26-27(20(17)25-14)11-4-9-24-22(30)31-3)15(2)28(16-6-7-16)21(29)18-13-23-10-12-32-18/h5,8,15-16,18,22-24,30H,4,6-7,9-13H2,1-3H3/t15-,18-,22?/m1/s1. The van der Waals surface area contributed by atoms with E-state index in [2.05, 4.69) is 17.6 Å². The van der Waals surface area contributed by atoms with Gasteiger partial charge in [-0.2, -0.15) is 5.10 Å². The lowest BCUT2D eigenvalue weighted by atomic mass is 10.1. The lowest BCUT2D eigenvalue weighted by Crippen LogP contribution is -2.50. The Bertz CT molecular complexity index is 925. The van der Waals surface area contributed by atoms with Gasteiger partial charge in [-0.1, -0.05) is 0 Å². The maximum atomic E-state index is 13.4. The highest BCUT2D eigenvalue weighted by Gasteiger charge is 2.41. The number of aromatic nitrogens is 3. The normalized spacial score (nSPS) is 20.9. The molecule has 2 aromatic heterocycles. The summed E-state index contributed by atoms with van der Waals surface area (Å²) in [5.74, 6) is 0.0349. The maximum absolute atomic E-state index is 13.4. The monoisotopic (exact) mass is 446 g/mol. The summed E-state index contributed by atoms with van der Waals surface area (Å²) in [5, 5.41) is 21.5. The molecule has 3 heterocycles. The number of fused-ring (bicyclic) bond motifs is 1. The third-order valence-electron chi connectivity index (χ3n) is 6.06. The number of carbonyl (C=O) groups excluding carboxylic acids is 1. The van der Waals surface area contributed by atoms with Gasteiger partial charge in [-0.05, 0) is 45.2 Å². The Balaban J connectivity index is 1.57. The van der Waals surface area contributed by atoms with Crippen molar-refractivity contribution in [1.29, 1.82) is 0 Å². The Labute approximate surface area is 188 Å². The number of carbonyl (C=O) groups is 1. The van der Waals surface area contributed by atoms with Crippen LogP contribution in [-0.4, -0.2) is 82.6 Å². The van der Waals surface area contributed by atoms with Gasteiger partial charge in [0.05, 0.1) is 18.3 Å². The van der Waals surface area contributed by atoms with Crippen molar-refractivity contribution >= 4 is 16.9 Å². The Morgan fingerprint density at radius 3 is 2.97 bits per heavy atom. The van der Waals surface area contributed by atoms with Gasteiger partial charge < -0.3 is 24.8 Å². The molecule has 2 aromatic rings. The maximum Gasteiger partial charge on any atom is 0.253 e. The number of morpholine rings is 1. The number of aliphatic hydroxyl groups is 1. The van der Waals surface area contributed by atoms with Crippen LogP contribution in [0.2, 0.25) is 0 Å². The lowest BCUT2D eigenvalue weighted by Gasteiger charge is -2.33. The molecule has 0 radical (unpaired) electrons. The van der Waals surface area contributed by atoms with Crippen molar-refractivity contribution in [3.63, 3.8) is 0 Å². The molecular formula is C22H34N6O4. The van der Waals surface area contributed by atoms with Crippen LogP contribution in [0.3, 0.4) is 0 Å². The zero-order valence-corrected chi connectivity index (χ0v) is 19.1. The van der Waals surface area contributed by atoms with Gasteiger partial charge in [-0.25, -0.2) is 9.67 Å². The molecule has 0 aromatic carbocycles. The molecule has 32 heavy (non-hydrogen) atoms. The number of ether oxygens (including phenoxy) is 2. The molecule has 1 saturated carbocycles. The van der Waals surface area contributed by atoms with Gasteiger partial charge >= 0.3 is 0 Å². The molecule has 1 aliphatic carbocycles. The van der Waals surface area contributed by atoms with Gasteiger partial charge in [-0.3, -0.25) is 10.1 Å². The zero-order valence-electron chi connectivity index (χ0n) is 19.1. The number of methoxy groups -OCH3 is 1. The van der Waals surface area contributed by atoms with Crippen LogP contribution in [0.4, 0.5) is 0 Å². The second kappa shape index (κ2) is 10.2. The van der Waals surface area contributed by atoms with E-state index in [1.54, 1.807) is 0 Å². The molecule has 3 N–H and O–H groups in total. The number of pyridine rings is 1. The van der Waals surface area contributed by atoms with Crippen LogP contribution < -0.4 is 10.6 Å². The van der Waals surface area contributed by atoms with Crippen LogP contribution >= 0.6 is 0 Å². The fourth-order valence-electron chi connectivity index (χ4n) is 4.23. The predicted molar refractivity (Wildman–Crippen MR) is 119 cm³/mol. The molecule has 4 rings (SSSR count). The molecule has 3 atom stereocenters. The molecule has 0 bridgehead atoms. The zero-order chi connectivity index (χ0) is 22.7. The number of amides is 1. The topological polar surface area (TPSA) is 114 Å². The Morgan fingerprint density at radius 2 is 2.28 bits per heavy atom. The van der Waals surface area contributed by atoms with E-state index >= 15 is 0 Å². The van der Waals surface area contributed by atoms with Crippen molar-refractivity contribution in [2.24, 2.45) is 0 Å². The molecule has 0 spiro atoms. The summed E-state index contributed by atoms with van der Waals surface area (Å²) in [5.41, 5.74) is 2.60. The van der Waals surface area contributed by atoms with Gasteiger partial charge in [-0.15, -0.1) is 0 Å². The van der Waals surface area contributed by atoms with Crippen LogP contribution in [0, 0.1) is 6.92 Å². The number of aryl methyl sites for hydroxylation is 2. The Kier molecular flexibility index (Phi) is 7.37. The largest absolute Gasteiger partial charge is 0.366 e. The molecule has 1 unspecified atom stereocenters. The minimum atomic E-state index is -0.977. The first-order chi connectivity index (χ1) is 15.5. The fraction of sp³-hybridized carbons (Fsp3) is 0.682. The van der Waals surface area contributed by atoms with Gasteiger partial charge in [0.2, 0.25) is 6.41 Å². The molecule has 2 aliphatic rings. The summed E-state index contributed by atoms with van der Waals surface area (Å²) in [7, 11) is 1.44. The van der Waals surface area contributed by atoms with Crippen molar-refractivity contribution < 1.29 is 19.4 Å². The van der Waals surface area contributed by atoms with Crippen LogP contribution in [0.1, 0.15) is 43.6 Å². The Morgan fingerprint density at radius 1 is 1.47 bits per heavy atom. The van der Waals surface area contributed by atoms with Crippen molar-refractivity contribution in [2.45, 2.75) is 64.3 Å². The highest BCUT2D eigenvalue weighted by molar-refractivity contribution is 5.84. The van der Waals surface area contributed by atoms with Crippen molar-refractivity contribution in [1.82, 2.24) is 30.3 Å². The van der Waals surface area contributed by atoms with E-state index in [0.717, 1.165) is 48.2 Å². The van der Waals surface area contributed by atoms with Crippen LogP contribution in [0.25, 0.3) is 11.0 Å². The molecule has 10 heteroatoms. The van der Waals surface area contributed by atoms with E-state index in [0.29, 0.717) is 26.2 Å². The molecular weight excluding hydrogens is 412 g/mol. The van der Waals surface area contributed by atoms with E-state index in [9.17, 15) is 9.90 Å². The van der Waals surface area contributed by atoms with E-state index in [1.165, 1.54) is 7.11 Å². The SMILES string of the molecule is COC(O)NCCCn1nc([C@@H](C)N(C(=O)[C@H]2CNCCO2)C2CC2)c2ccc(C)nc21. The summed E-state index contributed by atoms with van der Waals surface area (Å²) >= 11 is 0. The quantitative estimate of drug-likeness (QED) is 0.361. The summed E-state index contributed by atoms with van der Waals surface area (Å²) in [4.78, 5) is 20.1. The number of nitrogens with zero attached hydrogens (tertiary/aromatic N) is 4. The minimum Gasteiger partial charge on any atom is -0.366 e. The lowest BCUT2D eigenvalue weighted by molar-refractivity contribution is -0.148. The van der Waals surface area contributed by atoms with E-state index < -0.39 is 12.5 Å². The first kappa shape index (κ1) is 23.1. The minimum absolute atomic E-state index is 0.0349. The smallest absolute Gasteiger partial charge is 0.253 e. The molecule has 176 valence electrons. The van der Waals surface area contributed by atoms with Crippen LogP contribution in [-0.2, 0) is 20.8 Å². The van der Waals surface area contributed by atoms with Crippen LogP contribution in [0.5, 0.6) is 0 Å². The molecule has 1 amide bonds. The highest BCUT2D eigenvalue weighted by Crippen LogP contribution is 2.37. The van der Waals surface area contributed by atoms with Gasteiger partial charge in [0.25, 0.3) is 5.91 Å². The predicted octanol–water partition coefficient (Wildman–Crippen LogP) is 0.682. The second-order valence-corrected chi connectivity index (χ2v) is 8.54. The third kappa shape index (κ3) is 5.10. The van der Waals surface area contributed by atoms with E-state index in [4.69, 9.17) is 19.6 Å². The first-order valence-electron chi connectivity index (χ1n) is 11.4. The number of aliphatic hydroxyl groups excluding tert-OH is 1. The average molecular weight is 447 g/mol. The van der Waals surface area contributed by atoms with Gasteiger partial charge in [0.15, 0.2) is 5.65 Å². The molecule has 1 aliphatic heterocycles. The molecule has 1 saturated heterocycles. The van der Waals surface area contributed by atoms with Crippen molar-refractivity contribution in [3.05, 3.63) is 23.5 Å². The molecule has 2 fully saturated rings. The third-order valence-corrected chi connectivity index (χ3v) is 6.06. The van der Waals surface area contributed by atoms with Crippen molar-refractivity contribution in [2.75, 3.05) is 33.4 Å². The molecule has 10 nitrogen and oxygen atoms in total. The van der Waals surface area contributed by atoms with Crippen molar-refractivity contribution in [3.8, 4) is 0 Å². The number of hydrogen-bond donors (Lipinski definition) is 3. The van der Waals surface area contributed by atoms with Gasteiger partial charge in [0, 0.05) is 50.4 Å². The highest BCUT2D eigenvalue weighted by atomic mass is 16.6. The number of rotatable bonds is 10. The van der Waals surface area contributed by atoms with E-state index in [-0.39, 0.29) is 18.0 Å². The van der Waals surface area contributed by atoms with Gasteiger partial charge in [0.1, 0.15) is 6.10 Å². The summed E-state index contributed by atoms with van der Waals surface area (Å²) < 4.78 is 12.5. The first-order valence-corrected chi connectivity index (χ1v) is 11.4. The summed E-state index contributed by atoms with van der Waals surface area (Å²) in [6.07, 6.45) is 1.35. The fourth-order valence-corrected chi connectivity index (χ4v) is 4.23. The van der Waals surface area contributed by atoms with Crippen LogP contribution in [0.15, 0.2) is 12.1 Å². The van der Waals surface area contributed by atoms with E-state index in [1.807, 2.05) is 28.6 Å².